The van der Waals surface area contributed by atoms with E-state index in [1.165, 1.54) is 37.5 Å². The van der Waals surface area contributed by atoms with Gasteiger partial charge in [0, 0.05) is 6.08 Å². The minimum Gasteiger partial charge on any atom is -0.466 e. The lowest BCUT2D eigenvalue weighted by atomic mass is 10.2. The van der Waals surface area contributed by atoms with Crippen molar-refractivity contribution in [2.75, 3.05) is 7.11 Å². The van der Waals surface area contributed by atoms with E-state index in [0.717, 1.165) is 0 Å². The molecule has 4 heteroatoms. The maximum atomic E-state index is 12.7. The van der Waals surface area contributed by atoms with E-state index in [4.69, 9.17) is 11.6 Å². The van der Waals surface area contributed by atoms with Crippen LogP contribution in [0.1, 0.15) is 5.56 Å². The summed E-state index contributed by atoms with van der Waals surface area (Å²) in [4.78, 5) is 10.7. The maximum Gasteiger partial charge on any atom is 0.330 e. The first kappa shape index (κ1) is 10.7. The molecule has 0 fully saturated rings. The van der Waals surface area contributed by atoms with Crippen molar-refractivity contribution in [1.82, 2.24) is 0 Å². The summed E-state index contributed by atoms with van der Waals surface area (Å²) in [6, 6.07) is 4.18. The Morgan fingerprint density at radius 3 is 2.86 bits per heavy atom. The van der Waals surface area contributed by atoms with Crippen LogP contribution in [0.15, 0.2) is 24.3 Å². The van der Waals surface area contributed by atoms with E-state index in [2.05, 4.69) is 4.74 Å². The van der Waals surface area contributed by atoms with E-state index in [9.17, 15) is 9.18 Å². The van der Waals surface area contributed by atoms with Gasteiger partial charge in [-0.25, -0.2) is 9.18 Å². The first-order valence-electron chi connectivity index (χ1n) is 3.84. The van der Waals surface area contributed by atoms with Crippen molar-refractivity contribution in [3.63, 3.8) is 0 Å². The van der Waals surface area contributed by atoms with E-state index in [1.807, 2.05) is 0 Å². The average molecular weight is 215 g/mol. The summed E-state index contributed by atoms with van der Waals surface area (Å²) in [5.74, 6) is -0.952. The van der Waals surface area contributed by atoms with Gasteiger partial charge in [0.25, 0.3) is 0 Å². The molecule has 0 aromatic heterocycles. The van der Waals surface area contributed by atoms with Crippen LogP contribution in [0.4, 0.5) is 4.39 Å². The number of benzene rings is 1. The van der Waals surface area contributed by atoms with Gasteiger partial charge in [-0.15, -0.1) is 0 Å². The first-order chi connectivity index (χ1) is 6.63. The second kappa shape index (κ2) is 4.77. The number of methoxy groups -OCH3 is 1. The highest BCUT2D eigenvalue weighted by molar-refractivity contribution is 6.30. The van der Waals surface area contributed by atoms with Gasteiger partial charge in [-0.2, -0.15) is 0 Å². The number of ether oxygens (including phenoxy) is 1. The molecule has 0 saturated heterocycles. The number of hydrogen-bond acceptors (Lipinski definition) is 2. The van der Waals surface area contributed by atoms with Gasteiger partial charge in [-0.3, -0.25) is 0 Å². The summed E-state index contributed by atoms with van der Waals surface area (Å²) in [6.07, 6.45) is 2.74. The predicted molar refractivity (Wildman–Crippen MR) is 52.5 cm³/mol. The minimum atomic E-state index is -0.484. The van der Waals surface area contributed by atoms with Crippen LogP contribution in [0.3, 0.4) is 0 Å². The van der Waals surface area contributed by atoms with E-state index in [0.29, 0.717) is 5.56 Å². The van der Waals surface area contributed by atoms with Gasteiger partial charge in [0.05, 0.1) is 12.1 Å². The van der Waals surface area contributed by atoms with Crippen molar-refractivity contribution < 1.29 is 13.9 Å². The zero-order chi connectivity index (χ0) is 10.6. The van der Waals surface area contributed by atoms with Gasteiger partial charge in [-0.05, 0) is 23.8 Å². The minimum absolute atomic E-state index is 0.0250. The lowest BCUT2D eigenvalue weighted by Crippen LogP contribution is -1.93. The van der Waals surface area contributed by atoms with Crippen molar-refractivity contribution in [1.29, 1.82) is 0 Å². The van der Waals surface area contributed by atoms with Crippen LogP contribution in [0.5, 0.6) is 0 Å². The van der Waals surface area contributed by atoms with E-state index in [-0.39, 0.29) is 5.02 Å². The van der Waals surface area contributed by atoms with E-state index < -0.39 is 11.8 Å². The van der Waals surface area contributed by atoms with E-state index >= 15 is 0 Å². The normalized spacial score (nSPS) is 10.5. The summed E-state index contributed by atoms with van der Waals surface area (Å²) >= 11 is 5.54. The average Bonchev–Trinajstić information content (AvgIpc) is 2.19. The molecule has 0 spiro atoms. The van der Waals surface area contributed by atoms with Crippen molar-refractivity contribution in [2.45, 2.75) is 0 Å². The fourth-order valence-electron chi connectivity index (χ4n) is 0.848. The molecule has 0 amide bonds. The Labute approximate surface area is 85.9 Å². The van der Waals surface area contributed by atoms with Gasteiger partial charge in [0.15, 0.2) is 0 Å². The Balaban J connectivity index is 2.83. The van der Waals surface area contributed by atoms with Gasteiger partial charge in [0.2, 0.25) is 0 Å². The number of carbonyl (C=O) groups is 1. The second-order valence-electron chi connectivity index (χ2n) is 2.53. The molecule has 74 valence electrons. The van der Waals surface area contributed by atoms with Gasteiger partial charge in [-0.1, -0.05) is 17.7 Å². The van der Waals surface area contributed by atoms with Crippen LogP contribution >= 0.6 is 11.6 Å². The highest BCUT2D eigenvalue weighted by atomic mass is 35.5. The lowest BCUT2D eigenvalue weighted by molar-refractivity contribution is -0.134. The molecule has 0 atom stereocenters. The molecule has 0 radical (unpaired) electrons. The topological polar surface area (TPSA) is 26.3 Å². The van der Waals surface area contributed by atoms with Gasteiger partial charge in [0.1, 0.15) is 5.82 Å². The molecule has 2 nitrogen and oxygen atoms in total. The Kier molecular flexibility index (Phi) is 3.65. The Morgan fingerprint density at radius 2 is 2.29 bits per heavy atom. The monoisotopic (exact) mass is 214 g/mol. The number of rotatable bonds is 2. The molecular formula is C10H8ClFO2. The third-order valence-corrected chi connectivity index (χ3v) is 1.85. The van der Waals surface area contributed by atoms with Gasteiger partial charge >= 0.3 is 5.97 Å². The quantitative estimate of drug-likeness (QED) is 0.559. The molecule has 0 unspecified atom stereocenters. The van der Waals surface area contributed by atoms with Crippen LogP contribution < -0.4 is 0 Å². The van der Waals surface area contributed by atoms with Crippen LogP contribution in [-0.4, -0.2) is 13.1 Å². The van der Waals surface area contributed by atoms with Gasteiger partial charge < -0.3 is 4.74 Å². The van der Waals surface area contributed by atoms with Crippen LogP contribution in [0.25, 0.3) is 6.08 Å². The van der Waals surface area contributed by atoms with Crippen molar-refractivity contribution >= 4 is 23.6 Å². The van der Waals surface area contributed by atoms with Crippen LogP contribution in [-0.2, 0) is 9.53 Å². The largest absolute Gasteiger partial charge is 0.466 e. The van der Waals surface area contributed by atoms with Crippen molar-refractivity contribution in [2.24, 2.45) is 0 Å². The Morgan fingerprint density at radius 1 is 1.57 bits per heavy atom. The van der Waals surface area contributed by atoms with Crippen LogP contribution in [0.2, 0.25) is 5.02 Å². The summed E-state index contributed by atoms with van der Waals surface area (Å²) in [7, 11) is 1.28. The summed E-state index contributed by atoms with van der Waals surface area (Å²) in [5.41, 5.74) is 0.641. The van der Waals surface area contributed by atoms with Crippen molar-refractivity contribution in [3.05, 3.63) is 40.7 Å². The Bertz CT molecular complexity index is 374. The standard InChI is InChI=1S/C10H8ClFO2/c1-14-10(13)5-3-7-2-4-9(12)8(11)6-7/h2-6H,1H3. The number of esters is 1. The summed E-state index contributed by atoms with van der Waals surface area (Å²) in [6.45, 7) is 0. The molecule has 0 aliphatic heterocycles. The molecule has 0 N–H and O–H groups in total. The zero-order valence-electron chi connectivity index (χ0n) is 7.46. The summed E-state index contributed by atoms with van der Waals surface area (Å²) in [5, 5.41) is 0.0250. The lowest BCUT2D eigenvalue weighted by Gasteiger charge is -1.96. The third-order valence-electron chi connectivity index (χ3n) is 1.56. The first-order valence-corrected chi connectivity index (χ1v) is 4.22. The molecule has 1 rings (SSSR count). The maximum absolute atomic E-state index is 12.7. The summed E-state index contributed by atoms with van der Waals surface area (Å²) < 4.78 is 17.1. The Hall–Kier alpha value is -1.35. The number of carbonyl (C=O) groups excluding carboxylic acids is 1. The number of halogens is 2. The molecule has 0 aliphatic rings. The molecule has 1 aromatic carbocycles. The molecule has 14 heavy (non-hydrogen) atoms. The smallest absolute Gasteiger partial charge is 0.330 e. The van der Waals surface area contributed by atoms with E-state index in [1.54, 1.807) is 0 Å². The highest BCUT2D eigenvalue weighted by Crippen LogP contribution is 2.16. The zero-order valence-corrected chi connectivity index (χ0v) is 8.22. The molecule has 0 bridgehead atoms. The molecule has 0 heterocycles. The fraction of sp³-hybridized carbons (Fsp3) is 0.100. The highest BCUT2D eigenvalue weighted by Gasteiger charge is 1.98. The number of hydrogen-bond donors (Lipinski definition) is 0. The molecule has 0 saturated carbocycles. The SMILES string of the molecule is COC(=O)C=Cc1ccc(F)c(Cl)c1. The van der Waals surface area contributed by atoms with Crippen molar-refractivity contribution in [3.8, 4) is 0 Å². The predicted octanol–water partition coefficient (Wildman–Crippen LogP) is 2.67. The third kappa shape index (κ3) is 2.85. The molecular weight excluding hydrogens is 207 g/mol. The molecule has 0 aliphatic carbocycles. The van der Waals surface area contributed by atoms with Crippen LogP contribution in [0, 0.1) is 5.82 Å². The molecule has 1 aromatic rings. The second-order valence-corrected chi connectivity index (χ2v) is 2.94. The fourth-order valence-corrected chi connectivity index (χ4v) is 1.04.